The Morgan fingerprint density at radius 2 is 1.89 bits per heavy atom. The number of rotatable bonds is 7. The molecule has 0 aliphatic carbocycles. The van der Waals surface area contributed by atoms with E-state index in [4.69, 9.17) is 4.84 Å². The minimum atomic E-state index is -4.51. The Morgan fingerprint density at radius 1 is 1.05 bits per heavy atom. The summed E-state index contributed by atoms with van der Waals surface area (Å²) < 4.78 is 41.8. The van der Waals surface area contributed by atoms with Crippen molar-refractivity contribution in [1.29, 1.82) is 0 Å². The molecule has 0 saturated carbocycles. The smallest absolute Gasteiger partial charge is 0.391 e. The van der Waals surface area contributed by atoms with E-state index in [1.54, 1.807) is 34.2 Å². The molecule has 2 aromatic heterocycles. The Kier molecular flexibility index (Phi) is 6.72. The fourth-order valence-corrected chi connectivity index (χ4v) is 4.05. The molecule has 0 atom stereocenters. The Labute approximate surface area is 210 Å². The molecule has 37 heavy (non-hydrogen) atoms. The summed E-state index contributed by atoms with van der Waals surface area (Å²) in [6, 6.07) is 17.8. The largest absolute Gasteiger partial charge is 0.416 e. The third-order valence-corrected chi connectivity index (χ3v) is 5.95. The molecule has 0 saturated heterocycles. The van der Waals surface area contributed by atoms with E-state index in [2.05, 4.69) is 15.2 Å². The Bertz CT molecular complexity index is 1420. The molecule has 2 aromatic carbocycles. The number of hydrogen-bond donors (Lipinski definition) is 0. The van der Waals surface area contributed by atoms with Crippen molar-refractivity contribution in [2.75, 3.05) is 13.1 Å². The van der Waals surface area contributed by atoms with E-state index in [0.29, 0.717) is 24.2 Å². The van der Waals surface area contributed by atoms with Crippen LogP contribution < -0.4 is 0 Å². The molecule has 7 nitrogen and oxygen atoms in total. The van der Waals surface area contributed by atoms with Crippen LogP contribution in [0.5, 0.6) is 0 Å². The van der Waals surface area contributed by atoms with Crippen molar-refractivity contribution in [1.82, 2.24) is 19.7 Å². The van der Waals surface area contributed by atoms with Gasteiger partial charge in [-0.3, -0.25) is 9.78 Å². The van der Waals surface area contributed by atoms with Gasteiger partial charge in [0.1, 0.15) is 12.3 Å². The number of aromatic nitrogens is 3. The van der Waals surface area contributed by atoms with Crippen LogP contribution in [-0.4, -0.2) is 44.4 Å². The zero-order chi connectivity index (χ0) is 25.8. The SMILES string of the molecule is O=C1c2cn(-c3cccnc3)nc2CCN1C/C(=N/OCc1ccccc1)c1cccc(C(F)(F)F)c1. The standard InChI is InChI=1S/C27H22F3N5O2/c28-27(29,30)21-9-4-8-20(14-21)25(33-37-18-19-6-2-1-3-7-19)17-34-13-11-24-23(26(34)36)16-35(32-24)22-10-5-12-31-15-22/h1-10,12,14-16H,11,13,17-18H2/b33-25-. The van der Waals surface area contributed by atoms with Crippen LogP contribution in [-0.2, 0) is 24.0 Å². The minimum absolute atomic E-state index is 0.0214. The fraction of sp³-hybridized carbons (Fsp3) is 0.185. The number of benzene rings is 2. The van der Waals surface area contributed by atoms with Crippen molar-refractivity contribution in [3.8, 4) is 5.69 Å². The lowest BCUT2D eigenvalue weighted by Crippen LogP contribution is -2.41. The number of fused-ring (bicyclic) bond motifs is 1. The van der Waals surface area contributed by atoms with E-state index in [1.165, 1.54) is 12.1 Å². The molecule has 5 rings (SSSR count). The van der Waals surface area contributed by atoms with Crippen molar-refractivity contribution in [2.45, 2.75) is 19.2 Å². The number of carbonyl (C=O) groups excluding carboxylic acids is 1. The van der Waals surface area contributed by atoms with Gasteiger partial charge < -0.3 is 9.74 Å². The molecular weight excluding hydrogens is 483 g/mol. The van der Waals surface area contributed by atoms with Crippen LogP contribution in [0.3, 0.4) is 0 Å². The second-order valence-electron chi connectivity index (χ2n) is 8.50. The van der Waals surface area contributed by atoms with Crippen LogP contribution in [0.25, 0.3) is 5.69 Å². The van der Waals surface area contributed by atoms with Gasteiger partial charge in [0.25, 0.3) is 5.91 Å². The maximum Gasteiger partial charge on any atom is 0.416 e. The lowest BCUT2D eigenvalue weighted by molar-refractivity contribution is -0.137. The Balaban J connectivity index is 1.41. The molecule has 188 valence electrons. The van der Waals surface area contributed by atoms with Crippen LogP contribution >= 0.6 is 0 Å². The molecule has 0 N–H and O–H groups in total. The van der Waals surface area contributed by atoms with Crippen LogP contribution in [0.1, 0.15) is 32.7 Å². The van der Waals surface area contributed by atoms with Gasteiger partial charge >= 0.3 is 6.18 Å². The fourth-order valence-electron chi connectivity index (χ4n) is 4.05. The number of halogens is 3. The zero-order valence-electron chi connectivity index (χ0n) is 19.6. The van der Waals surface area contributed by atoms with Gasteiger partial charge in [-0.25, -0.2) is 4.68 Å². The molecule has 0 radical (unpaired) electrons. The van der Waals surface area contributed by atoms with Crippen LogP contribution in [0.15, 0.2) is 90.5 Å². The number of amides is 1. The third-order valence-electron chi connectivity index (χ3n) is 5.95. The zero-order valence-corrected chi connectivity index (χ0v) is 19.6. The topological polar surface area (TPSA) is 72.6 Å². The number of hydrogen-bond acceptors (Lipinski definition) is 5. The summed E-state index contributed by atoms with van der Waals surface area (Å²) in [4.78, 5) is 24.5. The summed E-state index contributed by atoms with van der Waals surface area (Å²) in [5.41, 5.74) is 2.32. The molecule has 3 heterocycles. The van der Waals surface area contributed by atoms with Gasteiger partial charge in [0.15, 0.2) is 0 Å². The quantitative estimate of drug-likeness (QED) is 0.265. The van der Waals surface area contributed by atoms with Gasteiger partial charge in [0.2, 0.25) is 0 Å². The summed E-state index contributed by atoms with van der Waals surface area (Å²) in [5.74, 6) is -0.279. The summed E-state index contributed by atoms with van der Waals surface area (Å²) in [5, 5.41) is 8.69. The van der Waals surface area contributed by atoms with Crippen molar-refractivity contribution < 1.29 is 22.8 Å². The van der Waals surface area contributed by atoms with Crippen LogP contribution in [0.4, 0.5) is 13.2 Å². The Hall–Kier alpha value is -4.47. The van der Waals surface area contributed by atoms with Gasteiger partial charge in [0.05, 0.1) is 35.2 Å². The lowest BCUT2D eigenvalue weighted by Gasteiger charge is -2.26. The van der Waals surface area contributed by atoms with Gasteiger partial charge in [-0.15, -0.1) is 0 Å². The summed E-state index contributed by atoms with van der Waals surface area (Å²) in [6.45, 7) is 0.457. The van der Waals surface area contributed by atoms with Crippen LogP contribution in [0, 0.1) is 0 Å². The molecule has 0 fully saturated rings. The highest BCUT2D eigenvalue weighted by atomic mass is 19.4. The van der Waals surface area contributed by atoms with Gasteiger partial charge in [-0.1, -0.05) is 47.6 Å². The van der Waals surface area contributed by atoms with E-state index in [1.807, 2.05) is 36.4 Å². The van der Waals surface area contributed by atoms with E-state index >= 15 is 0 Å². The first-order chi connectivity index (χ1) is 17.9. The molecule has 0 spiro atoms. The minimum Gasteiger partial charge on any atom is -0.391 e. The molecular formula is C27H22F3N5O2. The first kappa shape index (κ1) is 24.2. The van der Waals surface area contributed by atoms with E-state index in [9.17, 15) is 18.0 Å². The van der Waals surface area contributed by atoms with Crippen molar-refractivity contribution in [3.63, 3.8) is 0 Å². The van der Waals surface area contributed by atoms with Crippen molar-refractivity contribution in [2.24, 2.45) is 5.16 Å². The molecule has 1 aliphatic rings. The highest BCUT2D eigenvalue weighted by molar-refractivity contribution is 6.05. The predicted octanol–water partition coefficient (Wildman–Crippen LogP) is 4.91. The molecule has 4 aromatic rings. The third kappa shape index (κ3) is 5.53. The van der Waals surface area contributed by atoms with E-state index in [-0.39, 0.29) is 30.3 Å². The maximum absolute atomic E-state index is 13.4. The molecule has 0 bridgehead atoms. The summed E-state index contributed by atoms with van der Waals surface area (Å²) in [7, 11) is 0. The monoisotopic (exact) mass is 505 g/mol. The number of alkyl halides is 3. The van der Waals surface area contributed by atoms with Crippen molar-refractivity contribution >= 4 is 11.6 Å². The van der Waals surface area contributed by atoms with Gasteiger partial charge in [-0.2, -0.15) is 18.3 Å². The Morgan fingerprint density at radius 3 is 2.65 bits per heavy atom. The number of nitrogens with zero attached hydrogens (tertiary/aromatic N) is 5. The molecule has 1 aliphatic heterocycles. The van der Waals surface area contributed by atoms with Crippen LogP contribution in [0.2, 0.25) is 0 Å². The van der Waals surface area contributed by atoms with E-state index < -0.39 is 11.7 Å². The first-order valence-corrected chi connectivity index (χ1v) is 11.6. The summed E-state index contributed by atoms with van der Waals surface area (Å²) >= 11 is 0. The highest BCUT2D eigenvalue weighted by Gasteiger charge is 2.32. The highest BCUT2D eigenvalue weighted by Crippen LogP contribution is 2.30. The lowest BCUT2D eigenvalue weighted by atomic mass is 10.0. The average molecular weight is 506 g/mol. The first-order valence-electron chi connectivity index (χ1n) is 11.6. The van der Waals surface area contributed by atoms with Crippen molar-refractivity contribution in [3.05, 3.63) is 113 Å². The molecule has 1 amide bonds. The average Bonchev–Trinajstić information content (AvgIpc) is 3.36. The number of oxime groups is 1. The van der Waals surface area contributed by atoms with Gasteiger partial charge in [-0.05, 0) is 29.8 Å². The predicted molar refractivity (Wildman–Crippen MR) is 130 cm³/mol. The maximum atomic E-state index is 13.4. The second kappa shape index (κ2) is 10.3. The summed E-state index contributed by atoms with van der Waals surface area (Å²) in [6.07, 6.45) is 0.920. The normalized spacial score (nSPS) is 14.0. The van der Waals surface area contributed by atoms with Gasteiger partial charge in [0, 0.05) is 30.9 Å². The number of pyridine rings is 1. The second-order valence-corrected chi connectivity index (χ2v) is 8.50. The number of carbonyl (C=O) groups is 1. The van der Waals surface area contributed by atoms with E-state index in [0.717, 1.165) is 23.4 Å². The molecule has 10 heteroatoms. The molecule has 0 unspecified atom stereocenters.